The maximum atomic E-state index is 12.9. The van der Waals surface area contributed by atoms with Crippen molar-refractivity contribution in [1.82, 2.24) is 10.2 Å². The lowest BCUT2D eigenvalue weighted by molar-refractivity contribution is -0.147. The Labute approximate surface area is 199 Å². The zero-order valence-corrected chi connectivity index (χ0v) is 19.3. The third kappa shape index (κ3) is 4.27. The Bertz CT molecular complexity index is 1070. The Kier molecular flexibility index (Phi) is 6.02. The van der Waals surface area contributed by atoms with Crippen LogP contribution in [0.3, 0.4) is 0 Å². The number of aliphatic carboxylic acids is 1. The van der Waals surface area contributed by atoms with E-state index in [0.29, 0.717) is 25.8 Å². The van der Waals surface area contributed by atoms with Crippen molar-refractivity contribution in [1.29, 1.82) is 0 Å². The van der Waals surface area contributed by atoms with Crippen LogP contribution < -0.4 is 5.32 Å². The lowest BCUT2D eigenvalue weighted by Gasteiger charge is -2.36. The Balaban J connectivity index is 1.11. The van der Waals surface area contributed by atoms with Crippen LogP contribution in [0, 0.1) is 17.8 Å². The molecular weight excluding hydrogens is 432 g/mol. The first-order chi connectivity index (χ1) is 16.4. The van der Waals surface area contributed by atoms with Gasteiger partial charge in [-0.3, -0.25) is 9.59 Å². The van der Waals surface area contributed by atoms with Gasteiger partial charge in [-0.05, 0) is 54.4 Å². The molecule has 2 aromatic carbocycles. The van der Waals surface area contributed by atoms with Gasteiger partial charge in [0.2, 0.25) is 5.91 Å². The molecule has 0 aromatic heterocycles. The van der Waals surface area contributed by atoms with Crippen LogP contribution in [0.4, 0.5) is 4.79 Å². The van der Waals surface area contributed by atoms with E-state index in [4.69, 9.17) is 4.74 Å². The highest BCUT2D eigenvalue weighted by Crippen LogP contribution is 2.44. The zero-order valence-electron chi connectivity index (χ0n) is 19.3. The number of alkyl carbamates (subject to hydrolysis) is 1. The van der Waals surface area contributed by atoms with Gasteiger partial charge < -0.3 is 20.1 Å². The number of likely N-dealkylation sites (tertiary alicyclic amines) is 1. The van der Waals surface area contributed by atoms with Crippen molar-refractivity contribution in [2.24, 2.45) is 17.8 Å². The molecule has 2 aliphatic carbocycles. The van der Waals surface area contributed by atoms with E-state index in [1.165, 1.54) is 22.3 Å². The molecule has 7 nitrogen and oxygen atoms in total. The topological polar surface area (TPSA) is 95.9 Å². The number of nitrogens with zero attached hydrogens (tertiary/aromatic N) is 1. The number of amides is 2. The molecule has 2 N–H and O–H groups in total. The standard InChI is InChI=1S/C27H30N2O5/c1-16-10-11-17(26(31)32)14-29(16)25(30)23-12-18(23)13-28-27(33)34-15-24-21-8-4-2-6-19(21)20-7-3-5-9-22(20)24/h2-9,16-18,23-24H,10-15H2,1H3,(H,28,33)(H,31,32)/t16?,17?,18-,23-/m0/s1. The first-order valence-electron chi connectivity index (χ1n) is 12.1. The van der Waals surface area contributed by atoms with Crippen molar-refractivity contribution in [3.05, 3.63) is 59.7 Å². The van der Waals surface area contributed by atoms with Crippen molar-refractivity contribution < 1.29 is 24.2 Å². The monoisotopic (exact) mass is 462 g/mol. The Morgan fingerprint density at radius 3 is 2.32 bits per heavy atom. The smallest absolute Gasteiger partial charge is 0.407 e. The summed E-state index contributed by atoms with van der Waals surface area (Å²) < 4.78 is 5.58. The normalized spacial score (nSPS) is 25.3. The number of ether oxygens (including phenoxy) is 1. The maximum Gasteiger partial charge on any atom is 0.407 e. The van der Waals surface area contributed by atoms with Crippen LogP contribution in [0.2, 0.25) is 0 Å². The number of piperidine rings is 1. The molecule has 3 aliphatic rings. The summed E-state index contributed by atoms with van der Waals surface area (Å²) in [5.74, 6) is -1.38. The fourth-order valence-electron chi connectivity index (χ4n) is 5.47. The molecule has 0 spiro atoms. The van der Waals surface area contributed by atoms with Gasteiger partial charge in [-0.25, -0.2) is 4.79 Å². The number of hydrogen-bond donors (Lipinski definition) is 2. The summed E-state index contributed by atoms with van der Waals surface area (Å²) in [6.07, 6.45) is 1.55. The number of nitrogens with one attached hydrogen (secondary N) is 1. The van der Waals surface area contributed by atoms with Gasteiger partial charge in [0.25, 0.3) is 0 Å². The van der Waals surface area contributed by atoms with Crippen LogP contribution in [0.1, 0.15) is 43.2 Å². The molecule has 1 saturated heterocycles. The summed E-state index contributed by atoms with van der Waals surface area (Å²) >= 11 is 0. The van der Waals surface area contributed by atoms with Crippen LogP contribution in [-0.2, 0) is 14.3 Å². The summed E-state index contributed by atoms with van der Waals surface area (Å²) in [6, 6.07) is 16.5. The number of hydrogen-bond acceptors (Lipinski definition) is 4. The third-order valence-electron chi connectivity index (χ3n) is 7.61. The number of fused-ring (bicyclic) bond motifs is 3. The van der Waals surface area contributed by atoms with Crippen LogP contribution in [0.5, 0.6) is 0 Å². The summed E-state index contributed by atoms with van der Waals surface area (Å²) in [4.78, 5) is 38.4. The second kappa shape index (κ2) is 9.12. The van der Waals surface area contributed by atoms with Gasteiger partial charge in [-0.15, -0.1) is 0 Å². The van der Waals surface area contributed by atoms with E-state index in [2.05, 4.69) is 29.6 Å². The van der Waals surface area contributed by atoms with Crippen LogP contribution >= 0.6 is 0 Å². The molecule has 0 radical (unpaired) electrons. The largest absolute Gasteiger partial charge is 0.481 e. The minimum absolute atomic E-state index is 0.0103. The molecule has 1 aliphatic heterocycles. The summed E-state index contributed by atoms with van der Waals surface area (Å²) in [6.45, 7) is 2.90. The highest BCUT2D eigenvalue weighted by molar-refractivity contribution is 5.83. The van der Waals surface area contributed by atoms with Crippen molar-refractivity contribution >= 4 is 18.0 Å². The molecule has 0 bridgehead atoms. The minimum Gasteiger partial charge on any atom is -0.481 e. The number of carboxylic acid groups (broad SMARTS) is 1. The van der Waals surface area contributed by atoms with E-state index in [1.807, 2.05) is 31.2 Å². The molecule has 2 unspecified atom stereocenters. The average molecular weight is 463 g/mol. The first-order valence-corrected chi connectivity index (χ1v) is 12.1. The summed E-state index contributed by atoms with van der Waals surface area (Å²) in [5, 5.41) is 12.1. The second-order valence-electron chi connectivity index (χ2n) is 9.76. The maximum absolute atomic E-state index is 12.9. The quantitative estimate of drug-likeness (QED) is 0.679. The van der Waals surface area contributed by atoms with E-state index in [-0.39, 0.29) is 42.9 Å². The summed E-state index contributed by atoms with van der Waals surface area (Å²) in [7, 11) is 0. The fraction of sp³-hybridized carbons (Fsp3) is 0.444. The molecule has 5 rings (SSSR count). The predicted octanol–water partition coefficient (Wildman–Crippen LogP) is 3.87. The Morgan fingerprint density at radius 1 is 1.03 bits per heavy atom. The molecule has 2 amide bonds. The first kappa shape index (κ1) is 22.4. The van der Waals surface area contributed by atoms with E-state index >= 15 is 0 Å². The van der Waals surface area contributed by atoms with Crippen molar-refractivity contribution in [2.45, 2.75) is 38.1 Å². The van der Waals surface area contributed by atoms with E-state index in [0.717, 1.165) is 0 Å². The molecule has 34 heavy (non-hydrogen) atoms. The van der Waals surface area contributed by atoms with Gasteiger partial charge in [-0.1, -0.05) is 48.5 Å². The van der Waals surface area contributed by atoms with Gasteiger partial charge >= 0.3 is 12.1 Å². The molecule has 2 aromatic rings. The van der Waals surface area contributed by atoms with Crippen molar-refractivity contribution in [3.63, 3.8) is 0 Å². The van der Waals surface area contributed by atoms with Gasteiger partial charge in [0.15, 0.2) is 0 Å². The van der Waals surface area contributed by atoms with E-state index in [1.54, 1.807) is 4.90 Å². The molecule has 2 fully saturated rings. The summed E-state index contributed by atoms with van der Waals surface area (Å²) in [5.41, 5.74) is 4.70. The molecule has 1 heterocycles. The van der Waals surface area contributed by atoms with Crippen LogP contribution in [0.15, 0.2) is 48.5 Å². The molecule has 7 heteroatoms. The van der Waals surface area contributed by atoms with Crippen LogP contribution in [-0.4, -0.2) is 53.7 Å². The highest BCUT2D eigenvalue weighted by Gasteiger charge is 2.47. The number of benzene rings is 2. The zero-order chi connectivity index (χ0) is 23.8. The average Bonchev–Trinajstić information content (AvgIpc) is 3.56. The third-order valence-corrected chi connectivity index (χ3v) is 7.61. The van der Waals surface area contributed by atoms with Crippen molar-refractivity contribution in [2.75, 3.05) is 19.7 Å². The number of rotatable bonds is 6. The lowest BCUT2D eigenvalue weighted by Crippen LogP contribution is -2.48. The van der Waals surface area contributed by atoms with E-state index in [9.17, 15) is 19.5 Å². The molecule has 4 atom stereocenters. The Morgan fingerprint density at radius 2 is 1.68 bits per heavy atom. The number of carbonyl (C=O) groups excluding carboxylic acids is 2. The number of carboxylic acids is 1. The lowest BCUT2D eigenvalue weighted by atomic mass is 9.93. The molecule has 1 saturated carbocycles. The highest BCUT2D eigenvalue weighted by atomic mass is 16.5. The molecule has 178 valence electrons. The second-order valence-corrected chi connectivity index (χ2v) is 9.76. The van der Waals surface area contributed by atoms with Gasteiger partial charge in [0, 0.05) is 31.0 Å². The SMILES string of the molecule is CC1CCC(C(=O)O)CN1C(=O)[C@H]1C[C@H]1CNC(=O)OCC1c2ccccc2-c2ccccc21. The predicted molar refractivity (Wildman–Crippen MR) is 126 cm³/mol. The van der Waals surface area contributed by atoms with E-state index < -0.39 is 18.0 Å². The Hall–Kier alpha value is -3.35. The number of carbonyl (C=O) groups is 3. The van der Waals surface area contributed by atoms with Crippen LogP contribution in [0.25, 0.3) is 11.1 Å². The van der Waals surface area contributed by atoms with Gasteiger partial charge in [0.1, 0.15) is 6.61 Å². The van der Waals surface area contributed by atoms with Gasteiger partial charge in [0.05, 0.1) is 5.92 Å². The van der Waals surface area contributed by atoms with Gasteiger partial charge in [-0.2, -0.15) is 0 Å². The van der Waals surface area contributed by atoms with Crippen molar-refractivity contribution in [3.8, 4) is 11.1 Å². The minimum atomic E-state index is -0.839. The molecular formula is C27H30N2O5. The fourth-order valence-corrected chi connectivity index (χ4v) is 5.47.